The van der Waals surface area contributed by atoms with Crippen LogP contribution in [0.5, 0.6) is 0 Å². The Labute approximate surface area is 143 Å². The Balaban J connectivity index is 1.73. The average Bonchev–Trinajstić information content (AvgIpc) is 3.08. The average molecular weight is 342 g/mol. The van der Waals surface area contributed by atoms with Gasteiger partial charge in [0, 0.05) is 0 Å². The Kier molecular flexibility index (Phi) is 4.56. The maximum atomic E-state index is 13.3. The largest absolute Gasteiger partial charge is 0.344 e. The summed E-state index contributed by atoms with van der Waals surface area (Å²) < 4.78 is 27.8. The van der Waals surface area contributed by atoms with Gasteiger partial charge in [0.1, 0.15) is 0 Å². The Bertz CT molecular complexity index is 906. The van der Waals surface area contributed by atoms with Crippen LogP contribution < -0.4 is 5.32 Å². The number of carbonyl (C=O) groups excluding carboxylic acids is 1. The van der Waals surface area contributed by atoms with E-state index in [-0.39, 0.29) is 5.69 Å². The number of amides is 1. The highest BCUT2D eigenvalue weighted by Gasteiger charge is 2.16. The second kappa shape index (κ2) is 6.80. The molecule has 0 fully saturated rings. The fourth-order valence-corrected chi connectivity index (χ4v) is 2.33. The lowest BCUT2D eigenvalue weighted by atomic mass is 10.1. The summed E-state index contributed by atoms with van der Waals surface area (Å²) >= 11 is 0. The van der Waals surface area contributed by atoms with Crippen LogP contribution >= 0.6 is 0 Å². The molecule has 1 unspecified atom stereocenters. The van der Waals surface area contributed by atoms with Gasteiger partial charge < -0.3 is 5.32 Å². The first-order valence-electron chi connectivity index (χ1n) is 7.69. The topological polar surface area (TPSA) is 59.8 Å². The van der Waals surface area contributed by atoms with Crippen LogP contribution in [-0.4, -0.2) is 20.9 Å². The van der Waals surface area contributed by atoms with E-state index >= 15 is 0 Å². The number of nitrogens with one attached hydrogen (secondary N) is 1. The molecule has 1 atom stereocenters. The first kappa shape index (κ1) is 16.8. The summed E-state index contributed by atoms with van der Waals surface area (Å²) in [5.41, 5.74) is 2.49. The zero-order valence-electron chi connectivity index (χ0n) is 13.7. The van der Waals surface area contributed by atoms with Crippen LogP contribution in [-0.2, 0) is 0 Å². The standard InChI is InChI=1S/C18H16F2N4O/c1-11-3-6-14(7-4-11)24-10-17(22-23-24)18(25)21-12(2)13-5-8-15(19)16(20)9-13/h3-10,12H,1-2H3,(H,21,25). The highest BCUT2D eigenvalue weighted by Crippen LogP contribution is 2.16. The van der Waals surface area contributed by atoms with Crippen molar-refractivity contribution in [1.29, 1.82) is 0 Å². The summed E-state index contributed by atoms with van der Waals surface area (Å²) in [4.78, 5) is 12.3. The fraction of sp³-hybridized carbons (Fsp3) is 0.167. The molecular formula is C18H16F2N4O. The van der Waals surface area contributed by atoms with Crippen molar-refractivity contribution in [1.82, 2.24) is 20.3 Å². The molecule has 3 rings (SSSR count). The maximum absolute atomic E-state index is 13.3. The number of hydrogen-bond acceptors (Lipinski definition) is 3. The van der Waals surface area contributed by atoms with Crippen molar-refractivity contribution in [3.8, 4) is 5.69 Å². The summed E-state index contributed by atoms with van der Waals surface area (Å²) in [6, 6.07) is 10.6. The summed E-state index contributed by atoms with van der Waals surface area (Å²) in [5, 5.41) is 10.5. The Hall–Kier alpha value is -3.09. The van der Waals surface area contributed by atoms with Crippen LogP contribution in [0.1, 0.15) is 34.6 Å². The third-order valence-corrected chi connectivity index (χ3v) is 3.82. The van der Waals surface area contributed by atoms with Crippen molar-refractivity contribution in [2.45, 2.75) is 19.9 Å². The van der Waals surface area contributed by atoms with Gasteiger partial charge in [-0.25, -0.2) is 13.5 Å². The van der Waals surface area contributed by atoms with Crippen molar-refractivity contribution in [3.63, 3.8) is 0 Å². The maximum Gasteiger partial charge on any atom is 0.273 e. The molecule has 0 spiro atoms. The lowest BCUT2D eigenvalue weighted by Gasteiger charge is -2.13. The van der Waals surface area contributed by atoms with E-state index in [9.17, 15) is 13.6 Å². The van der Waals surface area contributed by atoms with Crippen molar-refractivity contribution < 1.29 is 13.6 Å². The molecule has 0 aliphatic carbocycles. The summed E-state index contributed by atoms with van der Waals surface area (Å²) in [6.45, 7) is 3.65. The molecular weight excluding hydrogens is 326 g/mol. The first-order chi connectivity index (χ1) is 11.9. The van der Waals surface area contributed by atoms with E-state index in [1.54, 1.807) is 6.92 Å². The Morgan fingerprint density at radius 3 is 2.52 bits per heavy atom. The van der Waals surface area contributed by atoms with E-state index in [0.29, 0.717) is 5.56 Å². The SMILES string of the molecule is Cc1ccc(-n2cc(C(=O)NC(C)c3ccc(F)c(F)c3)nn2)cc1. The van der Waals surface area contributed by atoms with Gasteiger partial charge >= 0.3 is 0 Å². The van der Waals surface area contributed by atoms with Crippen molar-refractivity contribution >= 4 is 5.91 Å². The second-order valence-corrected chi connectivity index (χ2v) is 5.75. The number of hydrogen-bond donors (Lipinski definition) is 1. The molecule has 0 bridgehead atoms. The van der Waals surface area contributed by atoms with E-state index in [0.717, 1.165) is 23.4 Å². The predicted molar refractivity (Wildman–Crippen MR) is 88.3 cm³/mol. The van der Waals surface area contributed by atoms with E-state index < -0.39 is 23.6 Å². The summed E-state index contributed by atoms with van der Waals surface area (Å²) in [6.07, 6.45) is 1.51. The van der Waals surface area contributed by atoms with E-state index in [2.05, 4.69) is 15.6 Å². The van der Waals surface area contributed by atoms with Crippen LogP contribution in [0, 0.1) is 18.6 Å². The molecule has 1 amide bonds. The molecule has 128 valence electrons. The highest BCUT2D eigenvalue weighted by atomic mass is 19.2. The van der Waals surface area contributed by atoms with Crippen molar-refractivity contribution in [2.24, 2.45) is 0 Å². The van der Waals surface area contributed by atoms with E-state index in [1.807, 2.05) is 31.2 Å². The van der Waals surface area contributed by atoms with Crippen LogP contribution in [0.25, 0.3) is 5.69 Å². The number of carbonyl (C=O) groups is 1. The molecule has 0 saturated carbocycles. The molecule has 1 N–H and O–H groups in total. The smallest absolute Gasteiger partial charge is 0.273 e. The molecule has 3 aromatic rings. The van der Waals surface area contributed by atoms with Crippen molar-refractivity contribution in [2.75, 3.05) is 0 Å². The summed E-state index contributed by atoms with van der Waals surface area (Å²) in [7, 11) is 0. The Morgan fingerprint density at radius 1 is 1.12 bits per heavy atom. The van der Waals surface area contributed by atoms with Gasteiger partial charge in [0.05, 0.1) is 17.9 Å². The zero-order valence-corrected chi connectivity index (χ0v) is 13.7. The van der Waals surface area contributed by atoms with Crippen LogP contribution in [0.15, 0.2) is 48.7 Å². The molecule has 25 heavy (non-hydrogen) atoms. The summed E-state index contributed by atoms with van der Waals surface area (Å²) in [5.74, 6) is -2.33. The normalized spacial score (nSPS) is 12.0. The van der Waals surface area contributed by atoms with E-state index in [1.165, 1.54) is 16.9 Å². The third kappa shape index (κ3) is 3.71. The van der Waals surface area contributed by atoms with Gasteiger partial charge in [0.15, 0.2) is 17.3 Å². The van der Waals surface area contributed by atoms with Crippen molar-refractivity contribution in [3.05, 3.63) is 77.1 Å². The van der Waals surface area contributed by atoms with Crippen LogP contribution in [0.4, 0.5) is 8.78 Å². The van der Waals surface area contributed by atoms with Gasteiger partial charge in [-0.3, -0.25) is 4.79 Å². The molecule has 0 aliphatic heterocycles. The molecule has 5 nitrogen and oxygen atoms in total. The number of halogens is 2. The molecule has 7 heteroatoms. The third-order valence-electron chi connectivity index (χ3n) is 3.82. The van der Waals surface area contributed by atoms with E-state index in [4.69, 9.17) is 0 Å². The fourth-order valence-electron chi connectivity index (χ4n) is 2.33. The van der Waals surface area contributed by atoms with Gasteiger partial charge in [-0.05, 0) is 43.7 Å². The van der Waals surface area contributed by atoms with Gasteiger partial charge in [-0.15, -0.1) is 5.10 Å². The van der Waals surface area contributed by atoms with Crippen LogP contribution in [0.3, 0.4) is 0 Å². The molecule has 1 heterocycles. The number of nitrogens with zero attached hydrogens (tertiary/aromatic N) is 3. The van der Waals surface area contributed by atoms with Gasteiger partial charge in [0.25, 0.3) is 5.91 Å². The quantitative estimate of drug-likeness (QED) is 0.791. The molecule has 0 aliphatic rings. The van der Waals surface area contributed by atoms with Crippen LogP contribution in [0.2, 0.25) is 0 Å². The zero-order chi connectivity index (χ0) is 18.0. The molecule has 2 aromatic carbocycles. The number of rotatable bonds is 4. The minimum Gasteiger partial charge on any atom is -0.344 e. The first-order valence-corrected chi connectivity index (χ1v) is 7.69. The lowest BCUT2D eigenvalue weighted by Crippen LogP contribution is -2.27. The second-order valence-electron chi connectivity index (χ2n) is 5.75. The lowest BCUT2D eigenvalue weighted by molar-refractivity contribution is 0.0934. The predicted octanol–water partition coefficient (Wildman–Crippen LogP) is 3.34. The number of aromatic nitrogens is 3. The highest BCUT2D eigenvalue weighted by molar-refractivity contribution is 5.92. The molecule has 1 aromatic heterocycles. The van der Waals surface area contributed by atoms with Gasteiger partial charge in [-0.1, -0.05) is 29.0 Å². The molecule has 0 radical (unpaired) electrons. The minimum absolute atomic E-state index is 0.134. The van der Waals surface area contributed by atoms with Gasteiger partial charge in [0.2, 0.25) is 0 Å². The minimum atomic E-state index is -0.955. The Morgan fingerprint density at radius 2 is 1.84 bits per heavy atom. The number of aryl methyl sites for hydroxylation is 1. The monoisotopic (exact) mass is 342 g/mol. The number of benzene rings is 2. The van der Waals surface area contributed by atoms with Gasteiger partial charge in [-0.2, -0.15) is 0 Å². The molecule has 0 saturated heterocycles.